The van der Waals surface area contributed by atoms with Crippen molar-refractivity contribution in [2.24, 2.45) is 0 Å². The second-order valence-electron chi connectivity index (χ2n) is 4.57. The molecule has 0 aliphatic carbocycles. The molecule has 0 aromatic rings. The molecule has 18 heavy (non-hydrogen) atoms. The van der Waals surface area contributed by atoms with Crippen LogP contribution in [0.2, 0.25) is 0 Å². The van der Waals surface area contributed by atoms with Gasteiger partial charge >= 0.3 is 0 Å². The molecule has 0 saturated carbocycles. The number of aliphatic hydroxyl groups excluding tert-OH is 5. The van der Waals surface area contributed by atoms with Gasteiger partial charge in [0.2, 0.25) is 0 Å². The third kappa shape index (κ3) is 6.05. The molecule has 4 unspecified atom stereocenters. The lowest BCUT2D eigenvalue weighted by Gasteiger charge is -2.34. The first-order valence-corrected chi connectivity index (χ1v) is 6.08. The van der Waals surface area contributed by atoms with E-state index in [1.807, 2.05) is 0 Å². The summed E-state index contributed by atoms with van der Waals surface area (Å²) < 4.78 is 0. The zero-order valence-corrected chi connectivity index (χ0v) is 11.4. The van der Waals surface area contributed by atoms with Crippen LogP contribution in [0.4, 0.5) is 0 Å². The van der Waals surface area contributed by atoms with E-state index in [2.05, 4.69) is 0 Å². The topological polar surface area (TPSA) is 108 Å². The van der Waals surface area contributed by atoms with E-state index in [1.165, 1.54) is 37.5 Å². The van der Waals surface area contributed by atoms with Crippen LogP contribution < -0.4 is 0 Å². The molecule has 5 N–H and O–H groups in total. The average molecular weight is 266 g/mol. The first kappa shape index (κ1) is 17.7. The van der Waals surface area contributed by atoms with Crippen molar-refractivity contribution in [2.45, 2.75) is 58.7 Å². The van der Waals surface area contributed by atoms with Crippen LogP contribution in [0, 0.1) is 0 Å². The van der Waals surface area contributed by atoms with Crippen molar-refractivity contribution in [1.82, 2.24) is 9.80 Å². The molecule has 0 aliphatic rings. The van der Waals surface area contributed by atoms with E-state index in [4.69, 9.17) is 0 Å². The van der Waals surface area contributed by atoms with Crippen LogP contribution in [-0.4, -0.2) is 79.4 Å². The smallest absolute Gasteiger partial charge is 0.106 e. The minimum atomic E-state index is -0.918. The summed E-state index contributed by atoms with van der Waals surface area (Å²) in [5.41, 5.74) is 0. The van der Waals surface area contributed by atoms with Crippen molar-refractivity contribution >= 4 is 0 Å². The molecule has 0 saturated heterocycles. The molecule has 0 amide bonds. The summed E-state index contributed by atoms with van der Waals surface area (Å²) in [5.74, 6) is 0. The predicted molar refractivity (Wildman–Crippen MR) is 66.1 cm³/mol. The SMILES string of the molecule is CC(O)N(CC(O)CN(C(C)O)C(C)O)C(C)O. The van der Waals surface area contributed by atoms with Crippen LogP contribution in [0.5, 0.6) is 0 Å². The number of hydrogen-bond donors (Lipinski definition) is 5. The van der Waals surface area contributed by atoms with Crippen LogP contribution in [-0.2, 0) is 0 Å². The van der Waals surface area contributed by atoms with Gasteiger partial charge in [-0.25, -0.2) is 0 Å². The van der Waals surface area contributed by atoms with Crippen LogP contribution >= 0.6 is 0 Å². The maximum Gasteiger partial charge on any atom is 0.106 e. The zero-order valence-electron chi connectivity index (χ0n) is 11.4. The maximum atomic E-state index is 9.86. The minimum absolute atomic E-state index is 0.0330. The Balaban J connectivity index is 4.42. The summed E-state index contributed by atoms with van der Waals surface area (Å²) in [6, 6.07) is 0. The zero-order chi connectivity index (χ0) is 14.5. The lowest BCUT2D eigenvalue weighted by atomic mass is 10.2. The van der Waals surface area contributed by atoms with Gasteiger partial charge < -0.3 is 25.5 Å². The molecule has 0 heterocycles. The molecule has 110 valence electrons. The van der Waals surface area contributed by atoms with E-state index in [-0.39, 0.29) is 13.1 Å². The van der Waals surface area contributed by atoms with Gasteiger partial charge in [0.25, 0.3) is 0 Å². The fourth-order valence-electron chi connectivity index (χ4n) is 1.78. The molecule has 0 spiro atoms. The van der Waals surface area contributed by atoms with Gasteiger partial charge in [0.15, 0.2) is 0 Å². The Morgan fingerprint density at radius 2 is 0.833 bits per heavy atom. The van der Waals surface area contributed by atoms with Crippen molar-refractivity contribution in [3.8, 4) is 0 Å². The molecular weight excluding hydrogens is 240 g/mol. The van der Waals surface area contributed by atoms with Crippen LogP contribution in [0.25, 0.3) is 0 Å². The monoisotopic (exact) mass is 266 g/mol. The molecule has 4 atom stereocenters. The largest absolute Gasteiger partial charge is 0.390 e. The average Bonchev–Trinajstić information content (AvgIpc) is 2.20. The first-order valence-electron chi connectivity index (χ1n) is 6.08. The molecule has 0 fully saturated rings. The summed E-state index contributed by atoms with van der Waals surface area (Å²) in [4.78, 5) is 2.60. The van der Waals surface area contributed by atoms with Gasteiger partial charge in [-0.15, -0.1) is 0 Å². The van der Waals surface area contributed by atoms with E-state index in [0.717, 1.165) is 0 Å². The van der Waals surface area contributed by atoms with Crippen LogP contribution in [0.15, 0.2) is 0 Å². The molecule has 7 heteroatoms. The van der Waals surface area contributed by atoms with Gasteiger partial charge in [-0.2, -0.15) is 0 Å². The number of nitrogens with zero attached hydrogens (tertiary/aromatic N) is 2. The highest BCUT2D eigenvalue weighted by molar-refractivity contribution is 4.71. The third-order valence-corrected chi connectivity index (χ3v) is 2.76. The molecule has 0 rings (SSSR count). The van der Waals surface area contributed by atoms with E-state index < -0.39 is 31.0 Å². The third-order valence-electron chi connectivity index (χ3n) is 2.76. The van der Waals surface area contributed by atoms with Crippen molar-refractivity contribution in [1.29, 1.82) is 0 Å². The number of rotatable bonds is 8. The molecule has 0 radical (unpaired) electrons. The molecule has 0 bridgehead atoms. The highest BCUT2D eigenvalue weighted by Gasteiger charge is 2.24. The lowest BCUT2D eigenvalue weighted by molar-refractivity contribution is -0.126. The molecule has 7 nitrogen and oxygen atoms in total. The van der Waals surface area contributed by atoms with E-state index >= 15 is 0 Å². The summed E-state index contributed by atoms with van der Waals surface area (Å²) in [6.07, 6.45) is -4.51. The molecule has 0 aromatic heterocycles. The Labute approximate surface area is 108 Å². The lowest BCUT2D eigenvalue weighted by Crippen LogP contribution is -2.50. The van der Waals surface area contributed by atoms with E-state index in [9.17, 15) is 25.5 Å². The maximum absolute atomic E-state index is 9.86. The second-order valence-corrected chi connectivity index (χ2v) is 4.57. The van der Waals surface area contributed by atoms with Crippen molar-refractivity contribution < 1.29 is 25.5 Å². The Morgan fingerprint density at radius 3 is 1.00 bits per heavy atom. The van der Waals surface area contributed by atoms with Crippen molar-refractivity contribution in [2.75, 3.05) is 13.1 Å². The normalized spacial score (nSPS) is 20.8. The predicted octanol–water partition coefficient (Wildman–Crippen LogP) is -1.70. The van der Waals surface area contributed by atoms with Crippen molar-refractivity contribution in [3.63, 3.8) is 0 Å². The van der Waals surface area contributed by atoms with Crippen LogP contribution in [0.1, 0.15) is 27.7 Å². The molecular formula is C11H26N2O5. The standard InChI is InChI=1S/C11H26N2O5/c1-7(14)12(8(2)15)5-11(18)6-13(9(3)16)10(4)17/h7-11,14-18H,5-6H2,1-4H3. The summed E-state index contributed by atoms with van der Waals surface area (Å²) >= 11 is 0. The summed E-state index contributed by atoms with van der Waals surface area (Å²) in [5, 5.41) is 47.6. The van der Waals surface area contributed by atoms with E-state index in [0.29, 0.717) is 0 Å². The van der Waals surface area contributed by atoms with Gasteiger partial charge in [-0.05, 0) is 27.7 Å². The van der Waals surface area contributed by atoms with Gasteiger partial charge in [-0.3, -0.25) is 9.80 Å². The quantitative estimate of drug-likeness (QED) is 0.333. The molecule has 0 aromatic carbocycles. The van der Waals surface area contributed by atoms with Crippen molar-refractivity contribution in [3.05, 3.63) is 0 Å². The highest BCUT2D eigenvalue weighted by atomic mass is 16.3. The fraction of sp³-hybridized carbons (Fsp3) is 1.00. The second kappa shape index (κ2) is 8.00. The number of hydrogen-bond acceptors (Lipinski definition) is 7. The Morgan fingerprint density at radius 1 is 0.611 bits per heavy atom. The summed E-state index contributed by atoms with van der Waals surface area (Å²) in [6.45, 7) is 6.01. The van der Waals surface area contributed by atoms with E-state index in [1.54, 1.807) is 0 Å². The Bertz CT molecular complexity index is 185. The first-order chi connectivity index (χ1) is 8.16. The Hall–Kier alpha value is -0.280. The fourth-order valence-corrected chi connectivity index (χ4v) is 1.78. The van der Waals surface area contributed by atoms with Gasteiger partial charge in [0, 0.05) is 13.1 Å². The minimum Gasteiger partial charge on any atom is -0.390 e. The van der Waals surface area contributed by atoms with Gasteiger partial charge in [-0.1, -0.05) is 0 Å². The molecule has 0 aliphatic heterocycles. The Kier molecular flexibility index (Phi) is 7.88. The summed E-state index contributed by atoms with van der Waals surface area (Å²) in [7, 11) is 0. The number of aliphatic hydroxyl groups is 5. The van der Waals surface area contributed by atoms with Crippen LogP contribution in [0.3, 0.4) is 0 Å². The van der Waals surface area contributed by atoms with Gasteiger partial charge in [0.05, 0.1) is 6.10 Å². The highest BCUT2D eigenvalue weighted by Crippen LogP contribution is 2.07. The van der Waals surface area contributed by atoms with Gasteiger partial charge in [0.1, 0.15) is 24.9 Å².